The van der Waals surface area contributed by atoms with Gasteiger partial charge in [0, 0.05) is 41.5 Å². The number of methoxy groups -OCH3 is 1. The smallest absolute Gasteiger partial charge is 0.319 e. The Morgan fingerprint density at radius 3 is 2.59 bits per heavy atom. The Hall–Kier alpha value is -2.91. The van der Waals surface area contributed by atoms with Gasteiger partial charge < -0.3 is 20.7 Å². The molecule has 1 aliphatic rings. The number of amides is 3. The third-order valence-electron chi connectivity index (χ3n) is 5.56. The van der Waals surface area contributed by atoms with Crippen molar-refractivity contribution in [1.29, 1.82) is 0 Å². The second-order valence-corrected chi connectivity index (χ2v) is 9.40. The van der Waals surface area contributed by atoms with Gasteiger partial charge in [-0.1, -0.05) is 11.6 Å². The van der Waals surface area contributed by atoms with Crippen molar-refractivity contribution in [2.75, 3.05) is 38.6 Å². The monoisotopic (exact) mass is 491 g/mol. The zero-order chi connectivity index (χ0) is 24.7. The molecule has 3 amide bonds. The molecule has 3 rings (SSSR count). The number of nitrogens with zero attached hydrogens (tertiary/aromatic N) is 2. The summed E-state index contributed by atoms with van der Waals surface area (Å²) < 4.78 is 18.9. The summed E-state index contributed by atoms with van der Waals surface area (Å²) in [5.41, 5.74) is -0.0574. The molecular formula is C24H31ClFN5O3. The zero-order valence-corrected chi connectivity index (χ0v) is 20.4. The molecule has 2 unspecified atom stereocenters. The van der Waals surface area contributed by atoms with Crippen molar-refractivity contribution in [3.05, 3.63) is 53.3 Å². The lowest BCUT2D eigenvalue weighted by Gasteiger charge is -2.38. The van der Waals surface area contributed by atoms with E-state index in [1.165, 1.54) is 13.8 Å². The highest BCUT2D eigenvalue weighted by molar-refractivity contribution is 6.30. The van der Waals surface area contributed by atoms with Crippen molar-refractivity contribution < 1.29 is 18.7 Å². The molecule has 0 radical (unpaired) electrons. The van der Waals surface area contributed by atoms with Gasteiger partial charge in [-0.15, -0.1) is 0 Å². The standard InChI is InChI=1S/C24H31ClFN5O3/c1-24(2,26)15-28-22(32)14-31-11-10-21(19(13-31)20-9-8-18(34-3)12-27-20)30-23(33)29-17-6-4-16(25)5-7-17/h4-9,12,19,21H,10-11,13-15H2,1-3H3,(H,28,32)(H2,29,30,33). The predicted octanol–water partition coefficient (Wildman–Crippen LogP) is 3.59. The number of ether oxygens (including phenoxy) is 1. The molecule has 1 saturated heterocycles. The first kappa shape index (κ1) is 25.7. The average molecular weight is 492 g/mol. The highest BCUT2D eigenvalue weighted by Crippen LogP contribution is 2.27. The lowest BCUT2D eigenvalue weighted by Crippen LogP contribution is -2.53. The van der Waals surface area contributed by atoms with Crippen molar-refractivity contribution in [2.45, 2.75) is 37.9 Å². The van der Waals surface area contributed by atoms with Crippen molar-refractivity contribution in [2.24, 2.45) is 0 Å². The summed E-state index contributed by atoms with van der Waals surface area (Å²) in [6, 6.07) is 10.0. The number of likely N-dealkylation sites (tertiary alicyclic amines) is 1. The van der Waals surface area contributed by atoms with Gasteiger partial charge in [-0.3, -0.25) is 14.7 Å². The first-order chi connectivity index (χ1) is 16.1. The molecule has 0 bridgehead atoms. The van der Waals surface area contributed by atoms with Crippen LogP contribution in [0.25, 0.3) is 0 Å². The van der Waals surface area contributed by atoms with Crippen LogP contribution in [0, 0.1) is 0 Å². The highest BCUT2D eigenvalue weighted by atomic mass is 35.5. The molecule has 8 nitrogen and oxygen atoms in total. The van der Waals surface area contributed by atoms with E-state index in [9.17, 15) is 14.0 Å². The van der Waals surface area contributed by atoms with Crippen LogP contribution in [-0.4, -0.2) is 66.8 Å². The van der Waals surface area contributed by atoms with E-state index in [0.29, 0.717) is 36.0 Å². The van der Waals surface area contributed by atoms with Crippen LogP contribution in [0.15, 0.2) is 42.6 Å². The molecule has 0 saturated carbocycles. The Balaban J connectivity index is 1.67. The molecule has 2 aromatic rings. The van der Waals surface area contributed by atoms with E-state index in [-0.39, 0.29) is 37.0 Å². The average Bonchev–Trinajstić information content (AvgIpc) is 2.80. The van der Waals surface area contributed by atoms with Crippen molar-refractivity contribution in [3.8, 4) is 5.75 Å². The van der Waals surface area contributed by atoms with Gasteiger partial charge in [0.25, 0.3) is 0 Å². The molecule has 3 N–H and O–H groups in total. The number of aromatic nitrogens is 1. The first-order valence-corrected chi connectivity index (χ1v) is 11.5. The summed E-state index contributed by atoms with van der Waals surface area (Å²) in [4.78, 5) is 31.5. The SMILES string of the molecule is COc1ccc(C2CN(CC(=O)NCC(C)(C)F)CCC2NC(=O)Nc2ccc(Cl)cc2)nc1. The maximum atomic E-state index is 13.7. The third-order valence-corrected chi connectivity index (χ3v) is 5.82. The molecule has 1 aromatic heterocycles. The number of anilines is 1. The number of alkyl halides is 1. The highest BCUT2D eigenvalue weighted by Gasteiger charge is 2.33. The van der Waals surface area contributed by atoms with Crippen LogP contribution in [0.4, 0.5) is 14.9 Å². The Morgan fingerprint density at radius 2 is 1.97 bits per heavy atom. The van der Waals surface area contributed by atoms with E-state index >= 15 is 0 Å². The first-order valence-electron chi connectivity index (χ1n) is 11.1. The van der Waals surface area contributed by atoms with Gasteiger partial charge in [0.2, 0.25) is 5.91 Å². The molecular weight excluding hydrogens is 461 g/mol. The molecule has 0 spiro atoms. The number of halogens is 2. The van der Waals surface area contributed by atoms with Gasteiger partial charge >= 0.3 is 6.03 Å². The van der Waals surface area contributed by atoms with Crippen LogP contribution in [0.3, 0.4) is 0 Å². The van der Waals surface area contributed by atoms with Crippen molar-refractivity contribution in [1.82, 2.24) is 20.5 Å². The second kappa shape index (κ2) is 11.5. The Bertz CT molecular complexity index is 966. The molecule has 1 aliphatic heterocycles. The summed E-state index contributed by atoms with van der Waals surface area (Å²) in [6.45, 7) is 4.06. The summed E-state index contributed by atoms with van der Waals surface area (Å²) in [5.74, 6) is 0.245. The molecule has 1 fully saturated rings. The summed E-state index contributed by atoms with van der Waals surface area (Å²) in [7, 11) is 1.57. The van der Waals surface area contributed by atoms with Crippen LogP contribution in [-0.2, 0) is 4.79 Å². The molecule has 2 heterocycles. The number of carbonyl (C=O) groups excluding carboxylic acids is 2. The van der Waals surface area contributed by atoms with E-state index in [2.05, 4.69) is 20.9 Å². The number of hydrogen-bond donors (Lipinski definition) is 3. The minimum atomic E-state index is -1.47. The third kappa shape index (κ3) is 7.85. The number of urea groups is 1. The molecule has 34 heavy (non-hydrogen) atoms. The maximum absolute atomic E-state index is 13.7. The van der Waals surface area contributed by atoms with Gasteiger partial charge in [-0.05, 0) is 56.7 Å². The fourth-order valence-electron chi connectivity index (χ4n) is 3.80. The lowest BCUT2D eigenvalue weighted by molar-refractivity contribution is -0.123. The number of pyridine rings is 1. The quantitative estimate of drug-likeness (QED) is 0.524. The van der Waals surface area contributed by atoms with Gasteiger partial charge in [0.15, 0.2) is 0 Å². The molecule has 0 aliphatic carbocycles. The molecule has 2 atom stereocenters. The van der Waals surface area contributed by atoms with Crippen LogP contribution < -0.4 is 20.7 Å². The molecule has 1 aromatic carbocycles. The number of carbonyl (C=O) groups is 2. The molecule has 10 heteroatoms. The minimum Gasteiger partial charge on any atom is -0.495 e. The van der Waals surface area contributed by atoms with E-state index in [0.717, 1.165) is 5.69 Å². The Kier molecular flexibility index (Phi) is 8.68. The summed E-state index contributed by atoms with van der Waals surface area (Å²) >= 11 is 5.91. The van der Waals surface area contributed by atoms with Crippen LogP contribution in [0.5, 0.6) is 5.75 Å². The number of rotatable bonds is 8. The zero-order valence-electron chi connectivity index (χ0n) is 19.6. The fourth-order valence-corrected chi connectivity index (χ4v) is 3.93. The minimum absolute atomic E-state index is 0.0435. The number of benzene rings is 1. The Labute approximate surface area is 204 Å². The topological polar surface area (TPSA) is 95.6 Å². The predicted molar refractivity (Wildman–Crippen MR) is 130 cm³/mol. The van der Waals surface area contributed by atoms with Gasteiger partial charge in [0.1, 0.15) is 11.4 Å². The lowest BCUT2D eigenvalue weighted by atomic mass is 9.88. The fraction of sp³-hybridized carbons (Fsp3) is 0.458. The summed E-state index contributed by atoms with van der Waals surface area (Å²) in [5, 5.41) is 9.09. The Morgan fingerprint density at radius 1 is 1.24 bits per heavy atom. The van der Waals surface area contributed by atoms with E-state index in [4.69, 9.17) is 16.3 Å². The largest absolute Gasteiger partial charge is 0.495 e. The van der Waals surface area contributed by atoms with Gasteiger partial charge in [-0.25, -0.2) is 9.18 Å². The van der Waals surface area contributed by atoms with Crippen LogP contribution >= 0.6 is 11.6 Å². The molecule has 184 valence electrons. The van der Waals surface area contributed by atoms with Gasteiger partial charge in [-0.2, -0.15) is 0 Å². The van der Waals surface area contributed by atoms with Crippen molar-refractivity contribution in [3.63, 3.8) is 0 Å². The van der Waals surface area contributed by atoms with Crippen LogP contribution in [0.2, 0.25) is 5.02 Å². The normalized spacial score (nSPS) is 18.7. The number of piperidine rings is 1. The van der Waals surface area contributed by atoms with Gasteiger partial charge in [0.05, 0.1) is 26.4 Å². The number of nitrogens with one attached hydrogen (secondary N) is 3. The number of hydrogen-bond acceptors (Lipinski definition) is 5. The van der Waals surface area contributed by atoms with E-state index in [1.807, 2.05) is 17.0 Å². The van der Waals surface area contributed by atoms with Crippen molar-refractivity contribution >= 4 is 29.2 Å². The summed E-state index contributed by atoms with van der Waals surface area (Å²) in [6.07, 6.45) is 2.25. The maximum Gasteiger partial charge on any atom is 0.319 e. The second-order valence-electron chi connectivity index (χ2n) is 8.96. The van der Waals surface area contributed by atoms with Crippen LogP contribution in [0.1, 0.15) is 31.9 Å². The van der Waals surface area contributed by atoms with E-state index in [1.54, 1.807) is 37.6 Å². The van der Waals surface area contributed by atoms with E-state index < -0.39 is 5.67 Å².